The number of aromatic nitrogens is 3. The van der Waals surface area contributed by atoms with Gasteiger partial charge in [0.15, 0.2) is 0 Å². The molecule has 1 N–H and O–H groups in total. The molecule has 4 saturated carbocycles. The van der Waals surface area contributed by atoms with Crippen molar-refractivity contribution in [3.63, 3.8) is 0 Å². The lowest BCUT2D eigenvalue weighted by molar-refractivity contribution is -0.0143. The smallest absolute Gasteiger partial charge is 0.117 e. The first-order valence-electron chi connectivity index (χ1n) is 11.6. The molecule has 4 fully saturated rings. The van der Waals surface area contributed by atoms with Crippen molar-refractivity contribution in [1.82, 2.24) is 20.3 Å². The first-order valence-corrected chi connectivity index (χ1v) is 11.6. The van der Waals surface area contributed by atoms with E-state index in [1.165, 1.54) is 37.7 Å². The Hall–Kier alpha value is -2.46. The molecular weight excluding hydrogens is 368 g/mol. The Balaban J connectivity index is 1.24. The fraction of sp³-hybridized carbons (Fsp3) is 0.462. The van der Waals surface area contributed by atoms with Gasteiger partial charge in [-0.3, -0.25) is 0 Å². The summed E-state index contributed by atoms with van der Waals surface area (Å²) in [6.07, 6.45) is 7.27. The molecule has 0 amide bonds. The second kappa shape index (κ2) is 7.66. The van der Waals surface area contributed by atoms with Gasteiger partial charge in [0.25, 0.3) is 0 Å². The standard InChI is InChI=1S/C26H30N4/c1-3-7-18(8-4-1)17-30-28-24(26(29-30)21-9-5-2-6-10-21)16-27-25-22-12-19-11-20(14-22)15-23(25)13-19/h1-10,19-20,22-23,25,27H,11-17H2. The predicted octanol–water partition coefficient (Wildman–Crippen LogP) is 4.91. The van der Waals surface area contributed by atoms with Crippen LogP contribution in [-0.4, -0.2) is 21.0 Å². The summed E-state index contributed by atoms with van der Waals surface area (Å²) >= 11 is 0. The van der Waals surface area contributed by atoms with E-state index in [9.17, 15) is 0 Å². The molecule has 0 unspecified atom stereocenters. The molecule has 1 heterocycles. The van der Waals surface area contributed by atoms with Crippen LogP contribution in [0, 0.1) is 23.7 Å². The molecule has 1 aromatic heterocycles. The molecule has 0 saturated heterocycles. The summed E-state index contributed by atoms with van der Waals surface area (Å²) in [6, 6.07) is 21.7. The third kappa shape index (κ3) is 3.47. The van der Waals surface area contributed by atoms with Crippen LogP contribution in [0.5, 0.6) is 0 Å². The van der Waals surface area contributed by atoms with Crippen LogP contribution >= 0.6 is 0 Å². The number of rotatable bonds is 6. The van der Waals surface area contributed by atoms with Gasteiger partial charge in [0.2, 0.25) is 0 Å². The van der Waals surface area contributed by atoms with Crippen molar-refractivity contribution in [3.8, 4) is 11.3 Å². The molecule has 30 heavy (non-hydrogen) atoms. The lowest BCUT2D eigenvalue weighted by atomic mass is 9.54. The molecule has 0 atom stereocenters. The maximum Gasteiger partial charge on any atom is 0.117 e. The lowest BCUT2D eigenvalue weighted by Gasteiger charge is -2.54. The molecule has 3 aromatic rings. The highest BCUT2D eigenvalue weighted by Crippen LogP contribution is 2.53. The minimum absolute atomic E-state index is 0.667. The number of benzene rings is 2. The number of nitrogens with zero attached hydrogens (tertiary/aromatic N) is 3. The highest BCUT2D eigenvalue weighted by Gasteiger charge is 2.47. The van der Waals surface area contributed by atoms with Gasteiger partial charge in [-0.2, -0.15) is 15.0 Å². The van der Waals surface area contributed by atoms with E-state index >= 15 is 0 Å². The van der Waals surface area contributed by atoms with Gasteiger partial charge in [-0.15, -0.1) is 0 Å². The molecule has 0 radical (unpaired) electrons. The Labute approximate surface area is 178 Å². The molecule has 0 aliphatic heterocycles. The van der Waals surface area contributed by atoms with Crippen molar-refractivity contribution in [2.45, 2.75) is 51.2 Å². The lowest BCUT2D eigenvalue weighted by Crippen LogP contribution is -2.54. The zero-order chi connectivity index (χ0) is 19.9. The van der Waals surface area contributed by atoms with E-state index in [1.54, 1.807) is 0 Å². The van der Waals surface area contributed by atoms with Crippen LogP contribution in [0.25, 0.3) is 11.3 Å². The van der Waals surface area contributed by atoms with Crippen molar-refractivity contribution < 1.29 is 0 Å². The van der Waals surface area contributed by atoms with E-state index < -0.39 is 0 Å². The molecule has 4 heteroatoms. The molecule has 154 valence electrons. The minimum Gasteiger partial charge on any atom is -0.308 e. The highest BCUT2D eigenvalue weighted by molar-refractivity contribution is 5.60. The van der Waals surface area contributed by atoms with Crippen molar-refractivity contribution in [2.24, 2.45) is 23.7 Å². The van der Waals surface area contributed by atoms with E-state index in [0.29, 0.717) is 12.6 Å². The van der Waals surface area contributed by atoms with Crippen LogP contribution in [0.3, 0.4) is 0 Å². The summed E-state index contributed by atoms with van der Waals surface area (Å²) in [5, 5.41) is 13.8. The average molecular weight is 399 g/mol. The van der Waals surface area contributed by atoms with Crippen LogP contribution < -0.4 is 5.32 Å². The summed E-state index contributed by atoms with van der Waals surface area (Å²) in [4.78, 5) is 1.87. The Morgan fingerprint density at radius 1 is 0.767 bits per heavy atom. The summed E-state index contributed by atoms with van der Waals surface area (Å²) in [5.74, 6) is 3.77. The van der Waals surface area contributed by atoms with Crippen molar-refractivity contribution >= 4 is 0 Å². The fourth-order valence-corrected chi connectivity index (χ4v) is 6.61. The average Bonchev–Trinajstić information content (AvgIpc) is 3.17. The van der Waals surface area contributed by atoms with Crippen LogP contribution in [0.1, 0.15) is 43.4 Å². The number of hydrogen-bond acceptors (Lipinski definition) is 3. The second-order valence-corrected chi connectivity index (χ2v) is 9.71. The Bertz CT molecular complexity index is 966. The van der Waals surface area contributed by atoms with Crippen molar-refractivity contribution in [2.75, 3.05) is 0 Å². The van der Waals surface area contributed by atoms with Crippen LogP contribution in [-0.2, 0) is 13.1 Å². The molecular formula is C26H30N4. The summed E-state index contributed by atoms with van der Waals surface area (Å²) in [6.45, 7) is 1.52. The normalized spacial score (nSPS) is 29.4. The largest absolute Gasteiger partial charge is 0.308 e. The van der Waals surface area contributed by atoms with E-state index in [1.807, 2.05) is 4.80 Å². The zero-order valence-electron chi connectivity index (χ0n) is 17.5. The maximum atomic E-state index is 4.93. The van der Waals surface area contributed by atoms with Gasteiger partial charge in [-0.05, 0) is 61.3 Å². The van der Waals surface area contributed by atoms with Gasteiger partial charge in [-0.1, -0.05) is 60.7 Å². The van der Waals surface area contributed by atoms with Gasteiger partial charge in [-0.25, -0.2) is 0 Å². The molecule has 4 aliphatic rings. The van der Waals surface area contributed by atoms with Crippen molar-refractivity contribution in [1.29, 1.82) is 0 Å². The van der Waals surface area contributed by atoms with E-state index in [2.05, 4.69) is 66.0 Å². The molecule has 4 nitrogen and oxygen atoms in total. The second-order valence-electron chi connectivity index (χ2n) is 9.71. The third-order valence-electron chi connectivity index (χ3n) is 7.67. The summed E-state index contributed by atoms with van der Waals surface area (Å²) < 4.78 is 0. The summed E-state index contributed by atoms with van der Waals surface area (Å²) in [5.41, 5.74) is 4.47. The Kier molecular flexibility index (Phi) is 4.68. The molecule has 4 bridgehead atoms. The molecule has 4 aliphatic carbocycles. The minimum atomic E-state index is 0.667. The fourth-order valence-electron chi connectivity index (χ4n) is 6.61. The Morgan fingerprint density at radius 2 is 1.40 bits per heavy atom. The molecule has 0 spiro atoms. The SMILES string of the molecule is c1ccc(Cn2nc(CNC3C4CC5CC(C4)CC3C5)c(-c3ccccc3)n2)cc1. The van der Waals surface area contributed by atoms with Crippen LogP contribution in [0.2, 0.25) is 0 Å². The third-order valence-corrected chi connectivity index (χ3v) is 7.67. The van der Waals surface area contributed by atoms with Gasteiger partial charge < -0.3 is 5.32 Å². The first-order chi connectivity index (χ1) is 14.8. The number of nitrogens with one attached hydrogen (secondary N) is 1. The Morgan fingerprint density at radius 3 is 2.07 bits per heavy atom. The molecule has 7 rings (SSSR count). The quantitative estimate of drug-likeness (QED) is 0.642. The number of hydrogen-bond donors (Lipinski definition) is 1. The van der Waals surface area contributed by atoms with Gasteiger partial charge in [0.1, 0.15) is 11.4 Å². The monoisotopic (exact) mass is 398 g/mol. The van der Waals surface area contributed by atoms with Crippen LogP contribution in [0.15, 0.2) is 60.7 Å². The van der Waals surface area contributed by atoms with Gasteiger partial charge in [0, 0.05) is 18.2 Å². The van der Waals surface area contributed by atoms with Crippen LogP contribution in [0.4, 0.5) is 0 Å². The van der Waals surface area contributed by atoms with E-state index in [4.69, 9.17) is 10.2 Å². The topological polar surface area (TPSA) is 42.7 Å². The van der Waals surface area contributed by atoms with Crippen molar-refractivity contribution in [3.05, 3.63) is 71.9 Å². The van der Waals surface area contributed by atoms with Gasteiger partial charge in [0.05, 0.1) is 6.54 Å². The predicted molar refractivity (Wildman–Crippen MR) is 119 cm³/mol. The zero-order valence-corrected chi connectivity index (χ0v) is 17.5. The van der Waals surface area contributed by atoms with Gasteiger partial charge >= 0.3 is 0 Å². The first kappa shape index (κ1) is 18.3. The highest BCUT2D eigenvalue weighted by atomic mass is 15.5. The summed E-state index contributed by atoms with van der Waals surface area (Å²) in [7, 11) is 0. The molecule has 2 aromatic carbocycles. The maximum absolute atomic E-state index is 4.93. The van der Waals surface area contributed by atoms with E-state index in [0.717, 1.165) is 47.2 Å². The van der Waals surface area contributed by atoms with E-state index in [-0.39, 0.29) is 0 Å².